The first-order valence-corrected chi connectivity index (χ1v) is 9.15. The van der Waals surface area contributed by atoms with Gasteiger partial charge in [0.1, 0.15) is 17.1 Å². The molecule has 4 aliphatic rings. The van der Waals surface area contributed by atoms with Crippen molar-refractivity contribution < 1.29 is 19.4 Å². The number of benzene rings is 1. The Morgan fingerprint density at radius 1 is 1.29 bits per heavy atom. The molecule has 1 saturated carbocycles. The number of phenols is 1. The van der Waals surface area contributed by atoms with Gasteiger partial charge in [-0.3, -0.25) is 4.79 Å². The van der Waals surface area contributed by atoms with E-state index in [4.69, 9.17) is 9.47 Å². The smallest absolute Gasteiger partial charge is 0.305 e. The number of ether oxygens (including phenoxy) is 2. The van der Waals surface area contributed by atoms with Crippen molar-refractivity contribution in [3.8, 4) is 11.5 Å². The Kier molecular flexibility index (Phi) is 3.74. The van der Waals surface area contributed by atoms with E-state index < -0.39 is 0 Å². The second-order valence-corrected chi connectivity index (χ2v) is 7.89. The molecule has 0 spiro atoms. The molecule has 1 aromatic rings. The van der Waals surface area contributed by atoms with Gasteiger partial charge >= 0.3 is 5.97 Å². The van der Waals surface area contributed by atoms with Gasteiger partial charge in [0.25, 0.3) is 0 Å². The van der Waals surface area contributed by atoms with E-state index in [0.717, 1.165) is 29.7 Å². The van der Waals surface area contributed by atoms with Crippen LogP contribution in [0.3, 0.4) is 0 Å². The Hall–Kier alpha value is -1.71. The van der Waals surface area contributed by atoms with Gasteiger partial charge in [-0.25, -0.2) is 0 Å². The number of carbonyl (C=O) groups excluding carboxylic acids is 1. The second-order valence-electron chi connectivity index (χ2n) is 7.89. The third kappa shape index (κ3) is 2.47. The van der Waals surface area contributed by atoms with Crippen LogP contribution in [0.25, 0.3) is 0 Å². The summed E-state index contributed by atoms with van der Waals surface area (Å²) in [5.74, 6) is 2.31. The molecule has 5 rings (SSSR count). The van der Waals surface area contributed by atoms with Crippen LogP contribution in [-0.4, -0.2) is 23.8 Å². The normalized spacial score (nSPS) is 30.2. The number of carbonyl (C=O) groups is 1. The molecule has 1 atom stereocenters. The lowest BCUT2D eigenvalue weighted by molar-refractivity contribution is -0.141. The van der Waals surface area contributed by atoms with E-state index in [-0.39, 0.29) is 11.6 Å². The molecular weight excluding hydrogens is 304 g/mol. The number of methoxy groups -OCH3 is 1. The summed E-state index contributed by atoms with van der Waals surface area (Å²) in [5, 5.41) is 10.6. The molecule has 1 fully saturated rings. The zero-order chi connectivity index (χ0) is 16.9. The highest BCUT2D eigenvalue weighted by Crippen LogP contribution is 2.57. The number of aryl methyl sites for hydroxylation is 1. The van der Waals surface area contributed by atoms with Crippen LogP contribution >= 0.6 is 0 Å². The molecule has 4 nitrogen and oxygen atoms in total. The predicted octanol–water partition coefficient (Wildman–Crippen LogP) is 4.18. The summed E-state index contributed by atoms with van der Waals surface area (Å²) >= 11 is 0. The number of fused-ring (bicyclic) bond motifs is 3. The minimum absolute atomic E-state index is 0.183. The van der Waals surface area contributed by atoms with E-state index in [0.29, 0.717) is 30.4 Å². The fourth-order valence-electron chi connectivity index (χ4n) is 4.89. The first-order valence-electron chi connectivity index (χ1n) is 9.15. The lowest BCUT2D eigenvalue weighted by atomic mass is 9.65. The van der Waals surface area contributed by atoms with Crippen molar-refractivity contribution in [2.24, 2.45) is 0 Å². The van der Waals surface area contributed by atoms with Crippen molar-refractivity contribution in [2.75, 3.05) is 7.11 Å². The minimum atomic E-state index is -0.331. The standard InChI is InChI=1S/C20H26O4/c1-20(10-8-16(22)23-2)9-7-14-11-15(21)17-12-3-5-13(6-4-12)18(17)19(14)24-20/h11-13,21H,3-10H2,1-2H3. The summed E-state index contributed by atoms with van der Waals surface area (Å²) in [4.78, 5) is 11.5. The van der Waals surface area contributed by atoms with Crippen LogP contribution in [-0.2, 0) is 16.0 Å². The molecule has 1 aliphatic heterocycles. The van der Waals surface area contributed by atoms with Gasteiger partial charge in [0.2, 0.25) is 0 Å². The van der Waals surface area contributed by atoms with Crippen LogP contribution < -0.4 is 4.74 Å². The van der Waals surface area contributed by atoms with Crippen molar-refractivity contribution in [1.29, 1.82) is 0 Å². The van der Waals surface area contributed by atoms with Crippen LogP contribution in [0.15, 0.2) is 6.07 Å². The molecule has 1 aromatic carbocycles. The highest BCUT2D eigenvalue weighted by molar-refractivity contribution is 5.69. The molecule has 1 heterocycles. The van der Waals surface area contributed by atoms with Crippen molar-refractivity contribution in [1.82, 2.24) is 0 Å². The van der Waals surface area contributed by atoms with E-state index in [2.05, 4.69) is 6.92 Å². The van der Waals surface area contributed by atoms with Gasteiger partial charge in [-0.2, -0.15) is 0 Å². The van der Waals surface area contributed by atoms with E-state index >= 15 is 0 Å². The van der Waals surface area contributed by atoms with Crippen LogP contribution in [0.4, 0.5) is 0 Å². The predicted molar refractivity (Wildman–Crippen MR) is 90.7 cm³/mol. The average Bonchev–Trinajstić information content (AvgIpc) is 2.61. The topological polar surface area (TPSA) is 55.8 Å². The van der Waals surface area contributed by atoms with Gasteiger partial charge < -0.3 is 14.6 Å². The number of hydrogen-bond acceptors (Lipinski definition) is 4. The number of rotatable bonds is 3. The lowest BCUT2D eigenvalue weighted by Gasteiger charge is -2.44. The molecule has 2 bridgehead atoms. The molecule has 0 amide bonds. The maximum Gasteiger partial charge on any atom is 0.305 e. The molecule has 1 unspecified atom stereocenters. The summed E-state index contributed by atoms with van der Waals surface area (Å²) in [6.07, 6.45) is 7.59. The Balaban J connectivity index is 1.68. The molecule has 130 valence electrons. The van der Waals surface area contributed by atoms with Crippen molar-refractivity contribution in [2.45, 2.75) is 75.7 Å². The summed E-state index contributed by atoms with van der Waals surface area (Å²) in [5.41, 5.74) is 3.22. The first-order chi connectivity index (χ1) is 11.5. The quantitative estimate of drug-likeness (QED) is 0.845. The summed E-state index contributed by atoms with van der Waals surface area (Å²) in [6, 6.07) is 1.93. The SMILES string of the molecule is COC(=O)CCC1(C)CCc2cc(O)c3c(c2O1)C1CCC3CC1. The van der Waals surface area contributed by atoms with Crippen LogP contribution in [0.5, 0.6) is 11.5 Å². The summed E-state index contributed by atoms with van der Waals surface area (Å²) in [7, 11) is 1.43. The molecule has 4 heteroatoms. The zero-order valence-electron chi connectivity index (χ0n) is 14.6. The number of phenolic OH excluding ortho intramolecular Hbond substituents is 1. The average molecular weight is 330 g/mol. The van der Waals surface area contributed by atoms with Gasteiger partial charge in [-0.05, 0) is 75.3 Å². The molecule has 0 saturated heterocycles. The van der Waals surface area contributed by atoms with E-state index in [1.807, 2.05) is 6.07 Å². The summed E-state index contributed by atoms with van der Waals surface area (Å²) in [6.45, 7) is 2.10. The second kappa shape index (κ2) is 5.68. The summed E-state index contributed by atoms with van der Waals surface area (Å²) < 4.78 is 11.3. The van der Waals surface area contributed by atoms with Crippen LogP contribution in [0, 0.1) is 0 Å². The van der Waals surface area contributed by atoms with Gasteiger partial charge in [-0.1, -0.05) is 0 Å². The zero-order valence-corrected chi connectivity index (χ0v) is 14.6. The Labute approximate surface area is 143 Å². The molecule has 1 N–H and O–H groups in total. The lowest BCUT2D eigenvalue weighted by Crippen LogP contribution is -2.38. The maximum atomic E-state index is 11.5. The van der Waals surface area contributed by atoms with Crippen LogP contribution in [0.2, 0.25) is 0 Å². The fourth-order valence-corrected chi connectivity index (χ4v) is 4.89. The molecule has 3 aliphatic carbocycles. The van der Waals surface area contributed by atoms with Crippen molar-refractivity contribution in [3.63, 3.8) is 0 Å². The molecular formula is C20H26O4. The minimum Gasteiger partial charge on any atom is -0.508 e. The largest absolute Gasteiger partial charge is 0.508 e. The Morgan fingerprint density at radius 3 is 2.62 bits per heavy atom. The van der Waals surface area contributed by atoms with Gasteiger partial charge in [0.05, 0.1) is 7.11 Å². The monoisotopic (exact) mass is 330 g/mol. The number of esters is 1. The fraction of sp³-hybridized carbons (Fsp3) is 0.650. The van der Waals surface area contributed by atoms with E-state index in [9.17, 15) is 9.90 Å². The third-order valence-corrected chi connectivity index (χ3v) is 6.31. The van der Waals surface area contributed by atoms with E-state index in [1.54, 1.807) is 0 Å². The van der Waals surface area contributed by atoms with Gasteiger partial charge in [-0.15, -0.1) is 0 Å². The molecule has 0 radical (unpaired) electrons. The van der Waals surface area contributed by atoms with Gasteiger partial charge in [0, 0.05) is 17.5 Å². The first kappa shape index (κ1) is 15.8. The van der Waals surface area contributed by atoms with Gasteiger partial charge in [0.15, 0.2) is 0 Å². The maximum absolute atomic E-state index is 11.5. The van der Waals surface area contributed by atoms with Crippen molar-refractivity contribution in [3.05, 3.63) is 22.8 Å². The van der Waals surface area contributed by atoms with Crippen LogP contribution in [0.1, 0.15) is 80.4 Å². The number of hydrogen-bond donors (Lipinski definition) is 1. The Morgan fingerprint density at radius 2 is 1.96 bits per heavy atom. The highest BCUT2D eigenvalue weighted by atomic mass is 16.5. The van der Waals surface area contributed by atoms with Crippen molar-refractivity contribution >= 4 is 5.97 Å². The number of aromatic hydroxyl groups is 1. The Bertz CT molecular complexity index is 673. The molecule has 24 heavy (non-hydrogen) atoms. The van der Waals surface area contributed by atoms with E-state index in [1.165, 1.54) is 38.4 Å². The third-order valence-electron chi connectivity index (χ3n) is 6.31. The highest BCUT2D eigenvalue weighted by Gasteiger charge is 2.41. The molecule has 0 aromatic heterocycles.